The molecule has 0 aliphatic rings. The minimum absolute atomic E-state index is 0.272. The van der Waals surface area contributed by atoms with Gasteiger partial charge in [-0.05, 0) is 6.20 Å². The Bertz CT molecular complexity index is 150. The molecule has 0 bridgehead atoms. The summed E-state index contributed by atoms with van der Waals surface area (Å²) in [6.45, 7) is 0.452. The van der Waals surface area contributed by atoms with Crippen molar-refractivity contribution >= 4 is 18.6 Å². The van der Waals surface area contributed by atoms with Crippen LogP contribution in [0.25, 0.3) is 0 Å². The molecule has 0 saturated heterocycles. The summed E-state index contributed by atoms with van der Waals surface area (Å²) >= 11 is 3.86. The molecule has 0 spiro atoms. The zero-order chi connectivity index (χ0) is 8.69. The second-order valence-electron chi connectivity index (χ2n) is 1.91. The highest BCUT2D eigenvalue weighted by molar-refractivity contribution is 7.80. The number of rotatable bonds is 5. The normalized spacial score (nSPS) is 13.5. The fourth-order valence-corrected chi connectivity index (χ4v) is 0.794. The lowest BCUT2D eigenvalue weighted by Gasteiger charge is -2.08. The number of hydrogen-bond donors (Lipinski definition) is 4. The molecule has 0 amide bonds. The Morgan fingerprint density at radius 3 is 2.82 bits per heavy atom. The highest BCUT2D eigenvalue weighted by atomic mass is 32.1. The quantitative estimate of drug-likeness (QED) is 0.423. The van der Waals surface area contributed by atoms with Crippen molar-refractivity contribution in [3.05, 3.63) is 12.3 Å². The maximum absolute atomic E-state index is 10.4. The minimum Gasteiger partial charge on any atom is -0.480 e. The number of carboxylic acids is 1. The second kappa shape index (κ2) is 6.06. The molecule has 5 heteroatoms. The lowest BCUT2D eigenvalue weighted by molar-refractivity contribution is -0.138. The molecule has 0 aliphatic heterocycles. The highest BCUT2D eigenvalue weighted by Crippen LogP contribution is 1.86. The first-order valence-electron chi connectivity index (χ1n) is 3.16. The van der Waals surface area contributed by atoms with E-state index >= 15 is 0 Å². The topological polar surface area (TPSA) is 75.3 Å². The molecule has 11 heavy (non-hydrogen) atoms. The molecule has 0 aromatic heterocycles. The lowest BCUT2D eigenvalue weighted by atomic mass is 10.3. The van der Waals surface area contributed by atoms with Crippen LogP contribution < -0.4 is 11.1 Å². The fourth-order valence-electron chi connectivity index (χ4n) is 0.508. The minimum atomic E-state index is -0.898. The Morgan fingerprint density at radius 1 is 1.82 bits per heavy atom. The molecule has 0 aromatic carbocycles. The Kier molecular flexibility index (Phi) is 5.68. The summed E-state index contributed by atoms with van der Waals surface area (Å²) in [5.41, 5.74) is 5.05. The van der Waals surface area contributed by atoms with Crippen LogP contribution in [0.3, 0.4) is 0 Å². The van der Waals surface area contributed by atoms with Gasteiger partial charge in [-0.3, -0.25) is 4.79 Å². The summed E-state index contributed by atoms with van der Waals surface area (Å²) in [4.78, 5) is 10.4. The third-order valence-corrected chi connectivity index (χ3v) is 1.46. The highest BCUT2D eigenvalue weighted by Gasteiger charge is 2.12. The van der Waals surface area contributed by atoms with E-state index in [4.69, 9.17) is 10.8 Å². The molecule has 1 atom stereocenters. The van der Waals surface area contributed by atoms with Crippen LogP contribution >= 0.6 is 12.6 Å². The molecule has 0 aromatic rings. The number of carbonyl (C=O) groups is 1. The monoisotopic (exact) mass is 176 g/mol. The summed E-state index contributed by atoms with van der Waals surface area (Å²) in [6.07, 6.45) is 3.00. The Hall–Kier alpha value is -0.680. The van der Waals surface area contributed by atoms with Gasteiger partial charge in [0.25, 0.3) is 0 Å². The van der Waals surface area contributed by atoms with Crippen LogP contribution in [-0.2, 0) is 4.79 Å². The van der Waals surface area contributed by atoms with Gasteiger partial charge in [0.2, 0.25) is 0 Å². The van der Waals surface area contributed by atoms with Gasteiger partial charge in [0.05, 0.1) is 0 Å². The summed E-state index contributed by atoms with van der Waals surface area (Å²) in [7, 11) is 0. The predicted molar refractivity (Wildman–Crippen MR) is 46.6 cm³/mol. The van der Waals surface area contributed by atoms with Crippen LogP contribution in [0.4, 0.5) is 0 Å². The number of nitrogens with one attached hydrogen (secondary N) is 1. The molecule has 0 unspecified atom stereocenters. The van der Waals surface area contributed by atoms with Crippen molar-refractivity contribution in [3.63, 3.8) is 0 Å². The van der Waals surface area contributed by atoms with E-state index in [1.54, 1.807) is 6.08 Å². The Morgan fingerprint density at radius 2 is 2.45 bits per heavy atom. The smallest absolute Gasteiger partial charge is 0.321 e. The molecular weight excluding hydrogens is 164 g/mol. The number of hydrogen-bond acceptors (Lipinski definition) is 4. The third kappa shape index (κ3) is 4.69. The van der Waals surface area contributed by atoms with E-state index in [-0.39, 0.29) is 5.75 Å². The summed E-state index contributed by atoms with van der Waals surface area (Å²) in [5, 5.41) is 11.2. The summed E-state index contributed by atoms with van der Waals surface area (Å²) in [5.74, 6) is -0.626. The van der Waals surface area contributed by atoms with Crippen molar-refractivity contribution < 1.29 is 9.90 Å². The first-order chi connectivity index (χ1) is 5.22. The maximum atomic E-state index is 10.4. The van der Waals surface area contributed by atoms with Gasteiger partial charge in [-0.2, -0.15) is 12.6 Å². The zero-order valence-corrected chi connectivity index (χ0v) is 6.92. The van der Waals surface area contributed by atoms with Crippen LogP contribution in [0.5, 0.6) is 0 Å². The molecule has 4 N–H and O–H groups in total. The largest absolute Gasteiger partial charge is 0.480 e. The van der Waals surface area contributed by atoms with E-state index < -0.39 is 12.0 Å². The SMILES string of the molecule is NC=CCN[C@@H](CS)C(=O)O. The first kappa shape index (κ1) is 10.3. The van der Waals surface area contributed by atoms with E-state index in [0.717, 1.165) is 0 Å². The van der Waals surface area contributed by atoms with Gasteiger partial charge in [-0.1, -0.05) is 6.08 Å². The number of carboxylic acid groups (broad SMARTS) is 1. The molecule has 0 radical (unpaired) electrons. The average Bonchev–Trinajstić information content (AvgIpc) is 1.97. The molecule has 64 valence electrons. The van der Waals surface area contributed by atoms with Crippen LogP contribution in [0, 0.1) is 0 Å². The average molecular weight is 176 g/mol. The van der Waals surface area contributed by atoms with E-state index in [2.05, 4.69) is 17.9 Å². The number of nitrogens with two attached hydrogens (primary N) is 1. The van der Waals surface area contributed by atoms with Crippen molar-refractivity contribution in [3.8, 4) is 0 Å². The zero-order valence-electron chi connectivity index (χ0n) is 6.03. The van der Waals surface area contributed by atoms with Crippen molar-refractivity contribution in [1.29, 1.82) is 0 Å². The standard InChI is InChI=1S/C6H12N2O2S/c7-2-1-3-8-5(4-11)6(9)10/h1-2,5,8,11H,3-4,7H2,(H,9,10)/t5-/m0/s1. The van der Waals surface area contributed by atoms with E-state index in [1.165, 1.54) is 6.20 Å². The molecular formula is C6H12N2O2S. The van der Waals surface area contributed by atoms with E-state index in [0.29, 0.717) is 6.54 Å². The molecule has 0 saturated carbocycles. The van der Waals surface area contributed by atoms with Crippen LogP contribution in [0.15, 0.2) is 12.3 Å². The van der Waals surface area contributed by atoms with Crippen molar-refractivity contribution in [2.75, 3.05) is 12.3 Å². The molecule has 0 aliphatic carbocycles. The van der Waals surface area contributed by atoms with Crippen molar-refractivity contribution in [2.24, 2.45) is 5.73 Å². The van der Waals surface area contributed by atoms with Crippen molar-refractivity contribution in [1.82, 2.24) is 5.32 Å². The Labute approximate surface area is 70.9 Å². The molecule has 0 heterocycles. The van der Waals surface area contributed by atoms with Crippen molar-refractivity contribution in [2.45, 2.75) is 6.04 Å². The second-order valence-corrected chi connectivity index (χ2v) is 2.27. The predicted octanol–water partition coefficient (Wildman–Crippen LogP) is -0.569. The molecule has 0 rings (SSSR count). The Balaban J connectivity index is 3.61. The van der Waals surface area contributed by atoms with Gasteiger partial charge in [0.1, 0.15) is 6.04 Å². The number of thiol groups is 1. The van der Waals surface area contributed by atoms with Crippen LogP contribution in [-0.4, -0.2) is 29.4 Å². The van der Waals surface area contributed by atoms with Gasteiger partial charge in [-0.15, -0.1) is 0 Å². The number of aliphatic carboxylic acids is 1. The van der Waals surface area contributed by atoms with Crippen LogP contribution in [0.1, 0.15) is 0 Å². The van der Waals surface area contributed by atoms with Gasteiger partial charge in [-0.25, -0.2) is 0 Å². The summed E-state index contributed by atoms with van der Waals surface area (Å²) in [6, 6.07) is -0.602. The van der Waals surface area contributed by atoms with Gasteiger partial charge in [0.15, 0.2) is 0 Å². The lowest BCUT2D eigenvalue weighted by Crippen LogP contribution is -2.38. The summed E-state index contributed by atoms with van der Waals surface area (Å²) < 4.78 is 0. The first-order valence-corrected chi connectivity index (χ1v) is 3.79. The molecule has 4 nitrogen and oxygen atoms in total. The maximum Gasteiger partial charge on any atom is 0.321 e. The van der Waals surface area contributed by atoms with Crippen LogP contribution in [0.2, 0.25) is 0 Å². The van der Waals surface area contributed by atoms with Gasteiger partial charge >= 0.3 is 5.97 Å². The fraction of sp³-hybridized carbons (Fsp3) is 0.500. The van der Waals surface area contributed by atoms with Gasteiger partial charge < -0.3 is 16.2 Å². The molecule has 0 fully saturated rings. The van der Waals surface area contributed by atoms with E-state index in [1.807, 2.05) is 0 Å². The van der Waals surface area contributed by atoms with Gasteiger partial charge in [0, 0.05) is 12.3 Å². The third-order valence-electron chi connectivity index (χ3n) is 1.10. The van der Waals surface area contributed by atoms with E-state index in [9.17, 15) is 4.79 Å².